The normalized spacial score (nSPS) is 18.5. The Hall–Kier alpha value is -0.0900. The van der Waals surface area contributed by atoms with Gasteiger partial charge in [0.15, 0.2) is 0 Å². The van der Waals surface area contributed by atoms with Gasteiger partial charge in [0.05, 0.1) is 5.75 Å². The van der Waals surface area contributed by atoms with Gasteiger partial charge in [0.25, 0.3) is 0 Å². The van der Waals surface area contributed by atoms with Crippen LogP contribution in [-0.4, -0.2) is 20.7 Å². The molecule has 1 saturated carbocycles. The van der Waals surface area contributed by atoms with E-state index in [9.17, 15) is 8.42 Å². The van der Waals surface area contributed by atoms with E-state index < -0.39 is 10.0 Å². The first-order chi connectivity index (χ1) is 6.49. The molecule has 1 rings (SSSR count). The Balaban J connectivity index is 2.19. The molecule has 1 aliphatic rings. The van der Waals surface area contributed by atoms with Crippen LogP contribution in [0.5, 0.6) is 0 Å². The molecule has 0 aromatic rings. The van der Waals surface area contributed by atoms with Crippen LogP contribution in [-0.2, 0) is 10.0 Å². The summed E-state index contributed by atoms with van der Waals surface area (Å²) >= 11 is 0. The Morgan fingerprint density at radius 3 is 2.43 bits per heavy atom. The largest absolute Gasteiger partial charge is 0.215 e. The van der Waals surface area contributed by atoms with Crippen LogP contribution < -0.4 is 4.72 Å². The molecule has 0 unspecified atom stereocenters. The van der Waals surface area contributed by atoms with Crippen molar-refractivity contribution < 1.29 is 8.42 Å². The van der Waals surface area contributed by atoms with E-state index in [1.165, 1.54) is 19.3 Å². The number of rotatable bonds is 6. The van der Waals surface area contributed by atoms with E-state index >= 15 is 0 Å². The van der Waals surface area contributed by atoms with Crippen LogP contribution in [0.25, 0.3) is 0 Å². The highest BCUT2D eigenvalue weighted by molar-refractivity contribution is 7.89. The highest BCUT2D eigenvalue weighted by atomic mass is 32.2. The third kappa shape index (κ3) is 4.42. The van der Waals surface area contributed by atoms with Crippen LogP contribution >= 0.6 is 0 Å². The molecule has 3 nitrogen and oxygen atoms in total. The first-order valence-electron chi connectivity index (χ1n) is 5.47. The van der Waals surface area contributed by atoms with Gasteiger partial charge in [-0.25, -0.2) is 13.1 Å². The van der Waals surface area contributed by atoms with Crippen molar-refractivity contribution in [2.75, 3.05) is 12.3 Å². The van der Waals surface area contributed by atoms with Gasteiger partial charge in [-0.2, -0.15) is 0 Å². The average Bonchev–Trinajstić information content (AvgIpc) is 1.98. The molecule has 84 valence electrons. The van der Waals surface area contributed by atoms with Crippen LogP contribution in [0.1, 0.15) is 39.5 Å². The van der Waals surface area contributed by atoms with Gasteiger partial charge in [0.1, 0.15) is 0 Å². The van der Waals surface area contributed by atoms with Crippen molar-refractivity contribution in [3.05, 3.63) is 0 Å². The molecule has 4 heteroatoms. The van der Waals surface area contributed by atoms with Gasteiger partial charge in [-0.3, -0.25) is 0 Å². The second-order valence-electron chi connectivity index (χ2n) is 4.65. The van der Waals surface area contributed by atoms with Crippen molar-refractivity contribution in [2.24, 2.45) is 11.8 Å². The van der Waals surface area contributed by atoms with Gasteiger partial charge in [0.2, 0.25) is 10.0 Å². The molecule has 0 aromatic carbocycles. The lowest BCUT2D eigenvalue weighted by molar-refractivity contribution is 0.307. The molecule has 0 saturated heterocycles. The molecular formula is C10H21NO2S. The van der Waals surface area contributed by atoms with Gasteiger partial charge in [-0.15, -0.1) is 0 Å². The lowest BCUT2D eigenvalue weighted by Crippen LogP contribution is -2.31. The lowest BCUT2D eigenvalue weighted by Gasteiger charge is -2.24. The molecule has 14 heavy (non-hydrogen) atoms. The first kappa shape index (κ1) is 12.0. The fourth-order valence-electron chi connectivity index (χ4n) is 1.47. The molecule has 1 fully saturated rings. The Morgan fingerprint density at radius 1 is 1.36 bits per heavy atom. The maximum atomic E-state index is 11.5. The van der Waals surface area contributed by atoms with Crippen molar-refractivity contribution in [1.29, 1.82) is 0 Å². The zero-order valence-electron chi connectivity index (χ0n) is 9.12. The molecule has 0 spiro atoms. The zero-order valence-corrected chi connectivity index (χ0v) is 9.94. The highest BCUT2D eigenvalue weighted by Gasteiger charge is 2.20. The number of nitrogens with one attached hydrogen (secondary N) is 1. The molecule has 0 radical (unpaired) electrons. The Morgan fingerprint density at radius 2 is 2.00 bits per heavy atom. The third-order valence-corrected chi connectivity index (χ3v) is 4.11. The van der Waals surface area contributed by atoms with Gasteiger partial charge in [0, 0.05) is 6.54 Å². The van der Waals surface area contributed by atoms with Crippen molar-refractivity contribution in [2.45, 2.75) is 39.5 Å². The van der Waals surface area contributed by atoms with Gasteiger partial charge in [-0.05, 0) is 18.3 Å². The summed E-state index contributed by atoms with van der Waals surface area (Å²) in [5, 5.41) is 0. The Labute approximate surface area is 87.3 Å². The minimum Gasteiger partial charge on any atom is -0.215 e. The SMILES string of the molecule is CC(C)CNS(=O)(=O)CCC1CCC1. The second kappa shape index (κ2) is 5.12. The number of sulfonamides is 1. The first-order valence-corrected chi connectivity index (χ1v) is 7.12. The second-order valence-corrected chi connectivity index (χ2v) is 6.57. The molecule has 0 bridgehead atoms. The third-order valence-electron chi connectivity index (χ3n) is 2.73. The Kier molecular flexibility index (Phi) is 4.38. The summed E-state index contributed by atoms with van der Waals surface area (Å²) in [7, 11) is -3.00. The van der Waals surface area contributed by atoms with Crippen LogP contribution in [0.3, 0.4) is 0 Å². The molecule has 1 N–H and O–H groups in total. The molecule has 0 aliphatic heterocycles. The topological polar surface area (TPSA) is 46.2 Å². The maximum absolute atomic E-state index is 11.5. The molecule has 0 atom stereocenters. The minimum atomic E-state index is -3.00. The molecule has 0 amide bonds. The summed E-state index contributed by atoms with van der Waals surface area (Å²) in [6.45, 7) is 4.58. The quantitative estimate of drug-likeness (QED) is 0.740. The van der Waals surface area contributed by atoms with Crippen molar-refractivity contribution >= 4 is 10.0 Å². The van der Waals surface area contributed by atoms with Crippen LogP contribution in [0.4, 0.5) is 0 Å². The van der Waals surface area contributed by atoms with Crippen molar-refractivity contribution in [3.8, 4) is 0 Å². The Bertz CT molecular complexity index is 255. The maximum Gasteiger partial charge on any atom is 0.211 e. The summed E-state index contributed by atoms with van der Waals surface area (Å²) in [5.74, 6) is 1.36. The predicted octanol–water partition coefficient (Wildman–Crippen LogP) is 1.75. The molecular weight excluding hydrogens is 198 g/mol. The van der Waals surface area contributed by atoms with E-state index in [0.29, 0.717) is 24.1 Å². The molecule has 0 heterocycles. The fraction of sp³-hybridized carbons (Fsp3) is 1.00. The van der Waals surface area contributed by atoms with Crippen LogP contribution in [0.15, 0.2) is 0 Å². The van der Waals surface area contributed by atoms with E-state index in [0.717, 1.165) is 6.42 Å². The van der Waals surface area contributed by atoms with E-state index in [1.54, 1.807) is 0 Å². The smallest absolute Gasteiger partial charge is 0.211 e. The summed E-state index contributed by atoms with van der Waals surface area (Å²) < 4.78 is 25.6. The van der Waals surface area contributed by atoms with Crippen molar-refractivity contribution in [3.63, 3.8) is 0 Å². The fourth-order valence-corrected chi connectivity index (χ4v) is 2.84. The summed E-state index contributed by atoms with van der Waals surface area (Å²) in [6.07, 6.45) is 4.57. The van der Waals surface area contributed by atoms with Gasteiger partial charge < -0.3 is 0 Å². The minimum absolute atomic E-state index is 0.310. The summed E-state index contributed by atoms with van der Waals surface area (Å²) in [4.78, 5) is 0. The number of hydrogen-bond donors (Lipinski definition) is 1. The molecule has 1 aliphatic carbocycles. The van der Waals surface area contributed by atoms with Crippen LogP contribution in [0, 0.1) is 11.8 Å². The van der Waals surface area contributed by atoms with E-state index in [-0.39, 0.29) is 0 Å². The predicted molar refractivity (Wildman–Crippen MR) is 58.6 cm³/mol. The number of hydrogen-bond acceptors (Lipinski definition) is 2. The van der Waals surface area contributed by atoms with E-state index in [4.69, 9.17) is 0 Å². The van der Waals surface area contributed by atoms with E-state index in [2.05, 4.69) is 4.72 Å². The monoisotopic (exact) mass is 219 g/mol. The highest BCUT2D eigenvalue weighted by Crippen LogP contribution is 2.29. The lowest BCUT2D eigenvalue weighted by atomic mass is 9.84. The standard InChI is InChI=1S/C10H21NO2S/c1-9(2)8-11-14(12,13)7-6-10-4-3-5-10/h9-11H,3-8H2,1-2H3. The summed E-state index contributed by atoms with van der Waals surface area (Å²) in [6, 6.07) is 0. The van der Waals surface area contributed by atoms with Crippen LogP contribution in [0.2, 0.25) is 0 Å². The van der Waals surface area contributed by atoms with Crippen molar-refractivity contribution in [1.82, 2.24) is 4.72 Å². The van der Waals surface area contributed by atoms with E-state index in [1.807, 2.05) is 13.8 Å². The van der Waals surface area contributed by atoms with Gasteiger partial charge >= 0.3 is 0 Å². The summed E-state index contributed by atoms with van der Waals surface area (Å²) in [5.41, 5.74) is 0. The zero-order chi connectivity index (χ0) is 10.6. The molecule has 0 aromatic heterocycles. The van der Waals surface area contributed by atoms with Gasteiger partial charge in [-0.1, -0.05) is 33.1 Å². The average molecular weight is 219 g/mol.